The third-order valence-electron chi connectivity index (χ3n) is 2.87. The van der Waals surface area contributed by atoms with E-state index in [1.165, 1.54) is 0 Å². The Kier molecular flexibility index (Phi) is 1.98. The monoisotopic (exact) mass is 236 g/mol. The summed E-state index contributed by atoms with van der Waals surface area (Å²) in [4.78, 5) is 11.1. The number of benzene rings is 1. The van der Waals surface area contributed by atoms with Crippen molar-refractivity contribution in [3.8, 4) is 0 Å². The maximum absolute atomic E-state index is 11.1. The predicted molar refractivity (Wildman–Crippen MR) is 60.2 cm³/mol. The highest BCUT2D eigenvalue weighted by molar-refractivity contribution is 6.31. The summed E-state index contributed by atoms with van der Waals surface area (Å²) in [6, 6.07) is 5.20. The largest absolute Gasteiger partial charge is 0.475 e. The summed E-state index contributed by atoms with van der Waals surface area (Å²) >= 11 is 5.92. The van der Waals surface area contributed by atoms with E-state index in [4.69, 9.17) is 21.1 Å². The molecule has 1 N–H and O–H groups in total. The van der Waals surface area contributed by atoms with Gasteiger partial charge in [-0.3, -0.25) is 0 Å². The fourth-order valence-electron chi connectivity index (χ4n) is 2.03. The van der Waals surface area contributed by atoms with E-state index in [0.717, 1.165) is 23.8 Å². The van der Waals surface area contributed by atoms with Crippen molar-refractivity contribution < 1.29 is 14.3 Å². The molecule has 1 aromatic carbocycles. The molecule has 1 saturated carbocycles. The molecule has 0 atom stereocenters. The molecule has 1 aliphatic rings. The molecule has 0 spiro atoms. The third kappa shape index (κ3) is 1.39. The molecule has 0 saturated heterocycles. The molecule has 1 fully saturated rings. The second kappa shape index (κ2) is 3.25. The molecular weight excluding hydrogens is 228 g/mol. The number of carboxylic acid groups (broad SMARTS) is 1. The number of furan rings is 1. The van der Waals surface area contributed by atoms with E-state index in [0.29, 0.717) is 16.5 Å². The van der Waals surface area contributed by atoms with Crippen molar-refractivity contribution in [3.05, 3.63) is 34.5 Å². The van der Waals surface area contributed by atoms with Crippen LogP contribution in [0.1, 0.15) is 34.9 Å². The first-order valence-corrected chi connectivity index (χ1v) is 5.50. The Morgan fingerprint density at radius 2 is 2.19 bits per heavy atom. The Labute approximate surface area is 96.6 Å². The first-order chi connectivity index (χ1) is 7.66. The quantitative estimate of drug-likeness (QED) is 0.866. The standard InChI is InChI=1S/C12H9ClO3/c13-7-3-4-9-8(5-7)10(6-1-2-6)11(16-9)12(14)15/h3-6H,1-2H2,(H,14,15). The van der Waals surface area contributed by atoms with Gasteiger partial charge in [-0.1, -0.05) is 11.6 Å². The van der Waals surface area contributed by atoms with Crippen LogP contribution in [0.3, 0.4) is 0 Å². The number of hydrogen-bond acceptors (Lipinski definition) is 2. The van der Waals surface area contributed by atoms with Gasteiger partial charge < -0.3 is 9.52 Å². The normalized spacial score (nSPS) is 15.6. The van der Waals surface area contributed by atoms with Crippen molar-refractivity contribution in [2.45, 2.75) is 18.8 Å². The SMILES string of the molecule is O=C(O)c1oc2ccc(Cl)cc2c1C1CC1. The second-order valence-electron chi connectivity index (χ2n) is 4.06. The molecule has 1 aromatic heterocycles. The Morgan fingerprint density at radius 3 is 2.81 bits per heavy atom. The summed E-state index contributed by atoms with van der Waals surface area (Å²) in [7, 11) is 0. The van der Waals surface area contributed by atoms with Gasteiger partial charge in [0.15, 0.2) is 0 Å². The van der Waals surface area contributed by atoms with E-state index in [-0.39, 0.29) is 5.76 Å². The van der Waals surface area contributed by atoms with Crippen LogP contribution in [0, 0.1) is 0 Å². The lowest BCUT2D eigenvalue weighted by Crippen LogP contribution is -1.97. The van der Waals surface area contributed by atoms with Gasteiger partial charge in [0.05, 0.1) is 0 Å². The van der Waals surface area contributed by atoms with Crippen LogP contribution in [-0.4, -0.2) is 11.1 Å². The molecule has 0 bridgehead atoms. The molecule has 3 rings (SSSR count). The van der Waals surface area contributed by atoms with Gasteiger partial charge in [0.2, 0.25) is 5.76 Å². The Balaban J connectivity index is 2.33. The number of carbonyl (C=O) groups is 1. The molecule has 0 unspecified atom stereocenters. The molecule has 16 heavy (non-hydrogen) atoms. The molecule has 0 radical (unpaired) electrons. The fraction of sp³-hybridized carbons (Fsp3) is 0.250. The molecule has 1 aliphatic carbocycles. The average molecular weight is 237 g/mol. The van der Waals surface area contributed by atoms with Crippen LogP contribution in [0.25, 0.3) is 11.0 Å². The van der Waals surface area contributed by atoms with Crippen molar-refractivity contribution in [2.75, 3.05) is 0 Å². The molecule has 82 valence electrons. The summed E-state index contributed by atoms with van der Waals surface area (Å²) < 4.78 is 5.36. The van der Waals surface area contributed by atoms with Gasteiger partial charge in [0.25, 0.3) is 0 Å². The lowest BCUT2D eigenvalue weighted by molar-refractivity contribution is 0.0663. The van der Waals surface area contributed by atoms with Crippen molar-refractivity contribution in [1.29, 1.82) is 0 Å². The minimum atomic E-state index is -1.01. The van der Waals surface area contributed by atoms with Crippen LogP contribution in [-0.2, 0) is 0 Å². The summed E-state index contributed by atoms with van der Waals surface area (Å²) in [5.41, 5.74) is 1.41. The zero-order chi connectivity index (χ0) is 11.3. The van der Waals surface area contributed by atoms with Gasteiger partial charge in [-0.15, -0.1) is 0 Å². The minimum absolute atomic E-state index is 0.0692. The maximum atomic E-state index is 11.1. The Hall–Kier alpha value is -1.48. The van der Waals surface area contributed by atoms with Gasteiger partial charge in [-0.05, 0) is 37.0 Å². The lowest BCUT2D eigenvalue weighted by Gasteiger charge is -1.95. The summed E-state index contributed by atoms with van der Waals surface area (Å²) in [6.45, 7) is 0. The van der Waals surface area contributed by atoms with Gasteiger partial charge in [-0.2, -0.15) is 0 Å². The number of rotatable bonds is 2. The first-order valence-electron chi connectivity index (χ1n) is 5.12. The lowest BCUT2D eigenvalue weighted by atomic mass is 10.1. The number of fused-ring (bicyclic) bond motifs is 1. The van der Waals surface area contributed by atoms with E-state index < -0.39 is 5.97 Å². The summed E-state index contributed by atoms with van der Waals surface area (Å²) in [5, 5.41) is 10.5. The van der Waals surface area contributed by atoms with E-state index in [9.17, 15) is 4.79 Å². The zero-order valence-corrected chi connectivity index (χ0v) is 9.12. The molecular formula is C12H9ClO3. The van der Waals surface area contributed by atoms with E-state index in [1.54, 1.807) is 18.2 Å². The van der Waals surface area contributed by atoms with Crippen LogP contribution in [0.15, 0.2) is 22.6 Å². The van der Waals surface area contributed by atoms with Gasteiger partial charge in [0.1, 0.15) is 5.58 Å². The van der Waals surface area contributed by atoms with Crippen LogP contribution < -0.4 is 0 Å². The highest BCUT2D eigenvalue weighted by atomic mass is 35.5. The smallest absolute Gasteiger partial charge is 0.372 e. The predicted octanol–water partition coefficient (Wildman–Crippen LogP) is 3.66. The van der Waals surface area contributed by atoms with E-state index >= 15 is 0 Å². The second-order valence-corrected chi connectivity index (χ2v) is 4.50. The average Bonchev–Trinajstić information content (AvgIpc) is 2.99. The minimum Gasteiger partial charge on any atom is -0.475 e. The number of carboxylic acids is 1. The Bertz CT molecular complexity index is 581. The van der Waals surface area contributed by atoms with Gasteiger partial charge >= 0.3 is 5.97 Å². The highest BCUT2D eigenvalue weighted by Gasteiger charge is 2.33. The van der Waals surface area contributed by atoms with Crippen molar-refractivity contribution in [3.63, 3.8) is 0 Å². The van der Waals surface area contributed by atoms with Gasteiger partial charge in [0, 0.05) is 16.0 Å². The van der Waals surface area contributed by atoms with E-state index in [1.807, 2.05) is 0 Å². The number of aromatic carboxylic acids is 1. The van der Waals surface area contributed by atoms with Crippen molar-refractivity contribution >= 4 is 28.5 Å². The third-order valence-corrected chi connectivity index (χ3v) is 3.10. The number of hydrogen-bond donors (Lipinski definition) is 1. The Morgan fingerprint density at radius 1 is 1.44 bits per heavy atom. The highest BCUT2D eigenvalue weighted by Crippen LogP contribution is 2.46. The van der Waals surface area contributed by atoms with E-state index in [2.05, 4.69) is 0 Å². The van der Waals surface area contributed by atoms with Crippen molar-refractivity contribution in [2.24, 2.45) is 0 Å². The topological polar surface area (TPSA) is 50.4 Å². The molecule has 0 aliphatic heterocycles. The van der Waals surface area contributed by atoms with Crippen LogP contribution in [0.2, 0.25) is 5.02 Å². The molecule has 1 heterocycles. The summed E-state index contributed by atoms with van der Waals surface area (Å²) in [6.07, 6.45) is 2.06. The molecule has 3 nitrogen and oxygen atoms in total. The first kappa shape index (κ1) is 9.73. The fourth-order valence-corrected chi connectivity index (χ4v) is 2.20. The molecule has 4 heteroatoms. The van der Waals surface area contributed by atoms with Crippen LogP contribution in [0.4, 0.5) is 0 Å². The zero-order valence-electron chi connectivity index (χ0n) is 8.37. The summed E-state index contributed by atoms with van der Waals surface area (Å²) in [5.74, 6) is -0.611. The van der Waals surface area contributed by atoms with Crippen LogP contribution in [0.5, 0.6) is 0 Å². The molecule has 2 aromatic rings. The van der Waals surface area contributed by atoms with Crippen LogP contribution >= 0.6 is 11.6 Å². The maximum Gasteiger partial charge on any atom is 0.372 e. The molecule has 0 amide bonds. The van der Waals surface area contributed by atoms with Crippen molar-refractivity contribution in [1.82, 2.24) is 0 Å². The van der Waals surface area contributed by atoms with Gasteiger partial charge in [-0.25, -0.2) is 4.79 Å². The number of halogens is 1.